The van der Waals surface area contributed by atoms with Gasteiger partial charge in [-0.15, -0.1) is 34.9 Å². The Morgan fingerprint density at radius 2 is 1.92 bits per heavy atom. The van der Waals surface area contributed by atoms with Gasteiger partial charge in [-0.2, -0.15) is 4.57 Å². The van der Waals surface area contributed by atoms with Crippen LogP contribution in [0.3, 0.4) is 0 Å². The Hall–Kier alpha value is -5.34. The van der Waals surface area contributed by atoms with Crippen LogP contribution in [-0.4, -0.2) is 88.7 Å². The molecule has 0 aliphatic carbocycles. The third-order valence-corrected chi connectivity index (χ3v) is 9.99. The number of carboxylic acids is 3. The van der Waals surface area contributed by atoms with Crippen molar-refractivity contribution in [1.29, 1.82) is 0 Å². The molecule has 0 spiro atoms. The van der Waals surface area contributed by atoms with Gasteiger partial charge in [-0.3, -0.25) is 14.5 Å². The predicted octanol–water partition coefficient (Wildman–Crippen LogP) is -0.749. The van der Waals surface area contributed by atoms with Crippen LogP contribution in [0.4, 0.5) is 5.13 Å². The van der Waals surface area contributed by atoms with Crippen molar-refractivity contribution in [2.24, 2.45) is 5.16 Å². The molecule has 2 unspecified atom stereocenters. The van der Waals surface area contributed by atoms with Crippen LogP contribution in [0.1, 0.15) is 17.4 Å². The average molecular weight is 717 g/mol. The van der Waals surface area contributed by atoms with Crippen molar-refractivity contribution >= 4 is 75.4 Å². The predicted molar refractivity (Wildman–Crippen MR) is 166 cm³/mol. The maximum Gasteiger partial charge on any atom is 0.370 e. The van der Waals surface area contributed by atoms with Crippen molar-refractivity contribution < 1.29 is 58.9 Å². The van der Waals surface area contributed by atoms with Crippen molar-refractivity contribution in [3.63, 3.8) is 0 Å². The van der Waals surface area contributed by atoms with Gasteiger partial charge in [0.15, 0.2) is 34.7 Å². The Bertz CT molecular complexity index is 1860. The summed E-state index contributed by atoms with van der Waals surface area (Å²) in [6, 6.07) is 5.31. The lowest BCUT2D eigenvalue weighted by Gasteiger charge is -2.50. The van der Waals surface area contributed by atoms with Gasteiger partial charge < -0.3 is 46.2 Å². The second-order valence-corrected chi connectivity index (χ2v) is 13.1. The zero-order valence-electron chi connectivity index (χ0n) is 24.2. The van der Waals surface area contributed by atoms with E-state index in [1.54, 1.807) is 24.5 Å². The van der Waals surface area contributed by atoms with Gasteiger partial charge in [0.25, 0.3) is 11.8 Å². The molecule has 7 N–H and O–H groups in total. The summed E-state index contributed by atoms with van der Waals surface area (Å²) in [5.74, 6) is -6.60. The summed E-state index contributed by atoms with van der Waals surface area (Å²) in [7, 11) is 0. The molecule has 1 fully saturated rings. The second kappa shape index (κ2) is 14.2. The van der Waals surface area contributed by atoms with Crippen LogP contribution in [0, 0.1) is 0 Å². The van der Waals surface area contributed by atoms with Crippen LogP contribution >= 0.6 is 34.9 Å². The number of pyridine rings is 1. The van der Waals surface area contributed by atoms with E-state index >= 15 is 0 Å². The zero-order valence-corrected chi connectivity index (χ0v) is 26.7. The third kappa shape index (κ3) is 7.29. The number of hydrogen-bond acceptors (Lipinski definition) is 15. The van der Waals surface area contributed by atoms with Gasteiger partial charge in [0.2, 0.25) is 12.6 Å². The molecule has 0 radical (unpaired) electrons. The minimum absolute atomic E-state index is 0.0431. The van der Waals surface area contributed by atoms with E-state index in [9.17, 15) is 44.4 Å². The minimum atomic E-state index is -1.83. The third-order valence-electron chi connectivity index (χ3n) is 6.87. The molecule has 2 aromatic heterocycles. The number of fused-ring (bicyclic) bond motifs is 1. The molecule has 1 aromatic carbocycles. The Morgan fingerprint density at radius 1 is 1.19 bits per heavy atom. The molecule has 17 nitrogen and oxygen atoms in total. The number of nitrogen functional groups attached to an aromatic ring is 1. The summed E-state index contributed by atoms with van der Waals surface area (Å²) >= 11 is 3.44. The highest BCUT2D eigenvalue weighted by Crippen LogP contribution is 2.41. The van der Waals surface area contributed by atoms with Gasteiger partial charge in [-0.1, -0.05) is 11.2 Å². The standard InChI is InChI=1S/C28H24N6O11S3/c29-28-30-15(11-48-28)19(32-45-22(27(43)44)12-1-2-16(35)17(36)7-12)23(39)31-20-24(40)34-21(26(41)42)13(10-47-25(20)34)9-46-14-3-5-33(6-4-14)8-18(37)38/h1-7,11,20,22,25H,8-10H2,(H7-,29,30,31,32,35,36,37,38,39,41,42,43,44)/t20?,22?,25-/m0/s1. The first-order chi connectivity index (χ1) is 22.8. The van der Waals surface area contributed by atoms with Crippen LogP contribution in [0.25, 0.3) is 0 Å². The first-order valence-corrected chi connectivity index (χ1v) is 16.5. The molecule has 2 aliphatic heterocycles. The number of thioether (sulfide) groups is 2. The number of anilines is 1. The molecule has 2 aliphatic rings. The number of thiazole rings is 1. The lowest BCUT2D eigenvalue weighted by molar-refractivity contribution is -0.686. The molecule has 2 amide bonds. The highest BCUT2D eigenvalue weighted by atomic mass is 32.2. The normalized spacial score (nSPS) is 18.0. The molecular weight excluding hydrogens is 693 g/mol. The van der Waals surface area contributed by atoms with E-state index in [0.29, 0.717) is 5.57 Å². The SMILES string of the molecule is Nc1nc(C(=NOC(C(=O)O)c2ccc(O)c(O)c2)C(=O)NC2C(=O)N3C(C(=O)[O-])=C(CSc4cc[n+](CC(=O)O)cc4)CS[C@@H]23)cs1. The van der Waals surface area contributed by atoms with Crippen LogP contribution < -0.4 is 20.7 Å². The number of aromatic hydroxyl groups is 2. The average Bonchev–Trinajstić information content (AvgIpc) is 3.47. The Balaban J connectivity index is 1.32. The summed E-state index contributed by atoms with van der Waals surface area (Å²) < 4.78 is 1.46. The van der Waals surface area contributed by atoms with Gasteiger partial charge in [-0.05, 0) is 17.7 Å². The van der Waals surface area contributed by atoms with Crippen molar-refractivity contribution in [3.05, 3.63) is 70.6 Å². The zero-order chi connectivity index (χ0) is 34.7. The second-order valence-electron chi connectivity index (χ2n) is 10.1. The minimum Gasteiger partial charge on any atom is -0.543 e. The van der Waals surface area contributed by atoms with E-state index in [1.807, 2.05) is 0 Å². The topological polar surface area (TPSA) is 269 Å². The summed E-state index contributed by atoms with van der Waals surface area (Å²) in [4.78, 5) is 72.6. The molecular formula is C28H24N6O11S3. The lowest BCUT2D eigenvalue weighted by Crippen LogP contribution is -2.71. The monoisotopic (exact) mass is 716 g/mol. The summed E-state index contributed by atoms with van der Waals surface area (Å²) in [6.45, 7) is -0.218. The Labute approximate surface area is 282 Å². The number of amides is 2. The number of aromatic nitrogens is 2. The van der Waals surface area contributed by atoms with Crippen LogP contribution in [0.15, 0.2) is 69.4 Å². The molecule has 4 heterocycles. The molecule has 3 atom stereocenters. The molecule has 0 saturated carbocycles. The lowest BCUT2D eigenvalue weighted by atomic mass is 10.0. The maximum absolute atomic E-state index is 13.4. The molecule has 0 bridgehead atoms. The first-order valence-electron chi connectivity index (χ1n) is 13.6. The number of carbonyl (C=O) groups excluding carboxylic acids is 3. The van der Waals surface area contributed by atoms with Crippen molar-refractivity contribution in [2.75, 3.05) is 17.2 Å². The first kappa shape index (κ1) is 34.0. The van der Waals surface area contributed by atoms with Crippen LogP contribution in [-0.2, 0) is 35.4 Å². The highest BCUT2D eigenvalue weighted by molar-refractivity contribution is 8.01. The quantitative estimate of drug-likeness (QED) is 0.0317. The molecule has 48 heavy (non-hydrogen) atoms. The maximum atomic E-state index is 13.4. The largest absolute Gasteiger partial charge is 0.543 e. The van der Waals surface area contributed by atoms with E-state index in [-0.39, 0.29) is 40.1 Å². The Morgan fingerprint density at radius 3 is 2.52 bits per heavy atom. The van der Waals surface area contributed by atoms with E-state index < -0.39 is 64.5 Å². The van der Waals surface area contributed by atoms with E-state index in [4.69, 9.17) is 15.7 Å². The fourth-order valence-corrected chi connectivity index (χ4v) is 7.54. The highest BCUT2D eigenvalue weighted by Gasteiger charge is 2.53. The number of carbonyl (C=O) groups is 5. The fraction of sp³-hybridized carbons (Fsp3) is 0.214. The van der Waals surface area contributed by atoms with Crippen LogP contribution in [0.5, 0.6) is 11.5 Å². The summed E-state index contributed by atoms with van der Waals surface area (Å²) in [5.41, 5.74) is 5.05. The van der Waals surface area contributed by atoms with Gasteiger partial charge >= 0.3 is 11.9 Å². The number of hydrogen-bond donors (Lipinski definition) is 6. The number of nitrogens with zero attached hydrogens (tertiary/aromatic N) is 4. The fourth-order valence-electron chi connectivity index (χ4n) is 4.62. The number of nitrogens with one attached hydrogen (secondary N) is 1. The van der Waals surface area contributed by atoms with Gasteiger partial charge in [-0.25, -0.2) is 14.6 Å². The van der Waals surface area contributed by atoms with Crippen molar-refractivity contribution in [1.82, 2.24) is 15.2 Å². The van der Waals surface area contributed by atoms with Crippen molar-refractivity contribution in [2.45, 2.75) is 29.0 Å². The Kier molecular flexibility index (Phi) is 10.1. The number of phenols is 2. The summed E-state index contributed by atoms with van der Waals surface area (Å²) in [6.07, 6.45) is 1.31. The number of carboxylic acid groups (broad SMARTS) is 3. The van der Waals surface area contributed by atoms with Gasteiger partial charge in [0, 0.05) is 39.5 Å². The van der Waals surface area contributed by atoms with Gasteiger partial charge in [0.1, 0.15) is 17.1 Å². The van der Waals surface area contributed by atoms with E-state index in [1.165, 1.54) is 33.5 Å². The van der Waals surface area contributed by atoms with Crippen LogP contribution in [0.2, 0.25) is 0 Å². The number of rotatable bonds is 13. The number of β-lactam (4-membered cyclic amide) rings is 1. The van der Waals surface area contributed by atoms with E-state index in [0.717, 1.165) is 39.3 Å². The van der Waals surface area contributed by atoms with E-state index in [2.05, 4.69) is 15.5 Å². The number of phenolic OH excluding ortho intramolecular Hbond substituents is 2. The number of nitrogens with two attached hydrogens (primary N) is 1. The molecule has 3 aromatic rings. The van der Waals surface area contributed by atoms with Gasteiger partial charge in [0.05, 0.1) is 11.7 Å². The molecule has 20 heteroatoms. The smallest absolute Gasteiger partial charge is 0.370 e. The number of oxime groups is 1. The number of aliphatic carboxylic acids is 3. The number of benzene rings is 1. The molecule has 1 saturated heterocycles. The molecule has 250 valence electrons. The molecule has 5 rings (SSSR count). The van der Waals surface area contributed by atoms with Crippen molar-refractivity contribution in [3.8, 4) is 11.5 Å². The summed E-state index contributed by atoms with van der Waals surface area (Å²) in [5, 5.41) is 56.9.